The Balaban J connectivity index is 2.75. The normalized spacial score (nSPS) is 23.8. The van der Waals surface area contributed by atoms with E-state index in [-0.39, 0.29) is 19.0 Å². The van der Waals surface area contributed by atoms with E-state index in [1.54, 1.807) is 0 Å². The van der Waals surface area contributed by atoms with E-state index in [0.717, 1.165) is 19.4 Å². The molecule has 1 rings (SSSR count). The van der Waals surface area contributed by atoms with Crippen LogP contribution in [0.4, 0.5) is 0 Å². The fourth-order valence-electron chi connectivity index (χ4n) is 2.09. The molecule has 94 valence electrons. The van der Waals surface area contributed by atoms with E-state index in [1.165, 1.54) is 4.90 Å². The van der Waals surface area contributed by atoms with E-state index in [1.807, 2.05) is 6.92 Å². The largest absolute Gasteiger partial charge is 0.480 e. The number of amides is 1. The SMILES string of the molecule is C#CCN(CC(=O)O)C(=O)C1(C)CCCNC1. The van der Waals surface area contributed by atoms with Gasteiger partial charge in [-0.3, -0.25) is 9.59 Å². The molecule has 1 unspecified atom stereocenters. The van der Waals surface area contributed by atoms with Gasteiger partial charge in [0.15, 0.2) is 0 Å². The molecule has 0 spiro atoms. The predicted molar refractivity (Wildman–Crippen MR) is 63.3 cm³/mol. The van der Waals surface area contributed by atoms with E-state index in [9.17, 15) is 9.59 Å². The van der Waals surface area contributed by atoms with Crippen LogP contribution in [0.1, 0.15) is 19.8 Å². The van der Waals surface area contributed by atoms with Crippen molar-refractivity contribution in [3.05, 3.63) is 0 Å². The highest BCUT2D eigenvalue weighted by Crippen LogP contribution is 2.27. The van der Waals surface area contributed by atoms with Crippen molar-refractivity contribution in [1.82, 2.24) is 10.2 Å². The number of aliphatic carboxylic acids is 1. The molecular weight excluding hydrogens is 220 g/mol. The van der Waals surface area contributed by atoms with Gasteiger partial charge < -0.3 is 15.3 Å². The summed E-state index contributed by atoms with van der Waals surface area (Å²) in [6.45, 7) is 3.04. The second-order valence-electron chi connectivity index (χ2n) is 4.60. The van der Waals surface area contributed by atoms with Crippen LogP contribution in [-0.2, 0) is 9.59 Å². The smallest absolute Gasteiger partial charge is 0.323 e. The Morgan fingerprint density at radius 2 is 2.29 bits per heavy atom. The van der Waals surface area contributed by atoms with Gasteiger partial charge in [-0.1, -0.05) is 5.92 Å². The number of nitrogens with one attached hydrogen (secondary N) is 1. The molecule has 0 aromatic heterocycles. The zero-order chi connectivity index (χ0) is 12.9. The lowest BCUT2D eigenvalue weighted by Gasteiger charge is -2.36. The summed E-state index contributed by atoms with van der Waals surface area (Å²) in [5.41, 5.74) is -0.537. The molecule has 1 atom stereocenters. The Morgan fingerprint density at radius 1 is 1.59 bits per heavy atom. The number of hydrogen-bond donors (Lipinski definition) is 2. The molecule has 5 heteroatoms. The highest BCUT2D eigenvalue weighted by atomic mass is 16.4. The zero-order valence-electron chi connectivity index (χ0n) is 10.0. The van der Waals surface area contributed by atoms with Crippen molar-refractivity contribution in [2.45, 2.75) is 19.8 Å². The van der Waals surface area contributed by atoms with Crippen LogP contribution in [-0.4, -0.2) is 48.1 Å². The van der Waals surface area contributed by atoms with Crippen LogP contribution >= 0.6 is 0 Å². The van der Waals surface area contributed by atoms with E-state index in [4.69, 9.17) is 11.5 Å². The number of nitrogens with zero attached hydrogens (tertiary/aromatic N) is 1. The summed E-state index contributed by atoms with van der Waals surface area (Å²) in [5, 5.41) is 11.9. The minimum absolute atomic E-state index is 0.0424. The number of carbonyl (C=O) groups excluding carboxylic acids is 1. The molecule has 1 saturated heterocycles. The van der Waals surface area contributed by atoms with Crippen LogP contribution in [0.15, 0.2) is 0 Å². The summed E-state index contributed by atoms with van der Waals surface area (Å²) in [4.78, 5) is 24.2. The van der Waals surface area contributed by atoms with Crippen LogP contribution in [0.5, 0.6) is 0 Å². The minimum atomic E-state index is -1.04. The van der Waals surface area contributed by atoms with Gasteiger partial charge in [0.25, 0.3) is 0 Å². The van der Waals surface area contributed by atoms with Crippen molar-refractivity contribution in [3.8, 4) is 12.3 Å². The molecule has 0 radical (unpaired) electrons. The molecule has 1 aliphatic rings. The van der Waals surface area contributed by atoms with Crippen molar-refractivity contribution in [3.63, 3.8) is 0 Å². The third kappa shape index (κ3) is 3.46. The Kier molecular flexibility index (Phi) is 4.53. The van der Waals surface area contributed by atoms with E-state index in [0.29, 0.717) is 6.54 Å². The third-order valence-corrected chi connectivity index (χ3v) is 3.01. The van der Waals surface area contributed by atoms with E-state index in [2.05, 4.69) is 11.2 Å². The van der Waals surface area contributed by atoms with Crippen LogP contribution in [0, 0.1) is 17.8 Å². The first kappa shape index (κ1) is 13.5. The fraction of sp³-hybridized carbons (Fsp3) is 0.667. The highest BCUT2D eigenvalue weighted by molar-refractivity contribution is 5.86. The summed E-state index contributed by atoms with van der Waals surface area (Å²) in [5.74, 6) is 1.12. The van der Waals surface area contributed by atoms with E-state index < -0.39 is 11.4 Å². The van der Waals surface area contributed by atoms with Crippen LogP contribution in [0.25, 0.3) is 0 Å². The number of terminal acetylenes is 1. The van der Waals surface area contributed by atoms with Gasteiger partial charge in [-0.2, -0.15) is 0 Å². The highest BCUT2D eigenvalue weighted by Gasteiger charge is 2.37. The number of hydrogen-bond acceptors (Lipinski definition) is 3. The Labute approximate surface area is 101 Å². The average Bonchev–Trinajstić information content (AvgIpc) is 2.28. The Hall–Kier alpha value is -1.54. The summed E-state index contributed by atoms with van der Waals surface area (Å²) < 4.78 is 0. The Bertz CT molecular complexity index is 340. The van der Waals surface area contributed by atoms with Crippen molar-refractivity contribution in [1.29, 1.82) is 0 Å². The molecule has 2 N–H and O–H groups in total. The molecule has 1 aliphatic heterocycles. The monoisotopic (exact) mass is 238 g/mol. The Morgan fingerprint density at radius 3 is 2.76 bits per heavy atom. The molecule has 0 bridgehead atoms. The zero-order valence-corrected chi connectivity index (χ0v) is 10.0. The molecule has 17 heavy (non-hydrogen) atoms. The van der Waals surface area contributed by atoms with Gasteiger partial charge in [-0.25, -0.2) is 0 Å². The number of carboxylic acids is 1. The molecule has 0 saturated carbocycles. The first-order valence-electron chi connectivity index (χ1n) is 5.65. The quantitative estimate of drug-likeness (QED) is 0.672. The minimum Gasteiger partial charge on any atom is -0.480 e. The topological polar surface area (TPSA) is 69.6 Å². The molecule has 1 heterocycles. The summed E-state index contributed by atoms with van der Waals surface area (Å²) in [6.07, 6.45) is 6.84. The number of piperidine rings is 1. The maximum absolute atomic E-state index is 12.3. The maximum atomic E-state index is 12.3. The summed E-state index contributed by atoms with van der Waals surface area (Å²) >= 11 is 0. The summed E-state index contributed by atoms with van der Waals surface area (Å²) in [6, 6.07) is 0. The van der Waals surface area contributed by atoms with Gasteiger partial charge in [0.05, 0.1) is 12.0 Å². The van der Waals surface area contributed by atoms with Gasteiger partial charge in [-0.15, -0.1) is 6.42 Å². The van der Waals surface area contributed by atoms with Gasteiger partial charge in [0.1, 0.15) is 6.54 Å². The first-order valence-corrected chi connectivity index (χ1v) is 5.65. The lowest BCUT2D eigenvalue weighted by atomic mass is 9.81. The second-order valence-corrected chi connectivity index (χ2v) is 4.60. The molecule has 0 aliphatic carbocycles. The van der Waals surface area contributed by atoms with Crippen LogP contribution in [0.3, 0.4) is 0 Å². The van der Waals surface area contributed by atoms with Gasteiger partial charge in [-0.05, 0) is 26.3 Å². The molecule has 1 amide bonds. The predicted octanol–water partition coefficient (Wildman–Crippen LogP) is -0.0775. The molecular formula is C12H18N2O3. The number of carbonyl (C=O) groups is 2. The van der Waals surface area contributed by atoms with Gasteiger partial charge >= 0.3 is 5.97 Å². The number of carboxylic acid groups (broad SMARTS) is 1. The average molecular weight is 238 g/mol. The molecule has 5 nitrogen and oxygen atoms in total. The molecule has 0 aromatic rings. The fourth-order valence-corrected chi connectivity index (χ4v) is 2.09. The standard InChI is InChI=1S/C12H18N2O3/c1-3-7-14(8-10(15)16)11(17)12(2)5-4-6-13-9-12/h1,13H,4-9H2,2H3,(H,15,16). The van der Waals surface area contributed by atoms with Gasteiger partial charge in [0.2, 0.25) is 5.91 Å². The van der Waals surface area contributed by atoms with Crippen LogP contribution in [0.2, 0.25) is 0 Å². The van der Waals surface area contributed by atoms with Crippen molar-refractivity contribution < 1.29 is 14.7 Å². The summed E-state index contributed by atoms with van der Waals surface area (Å²) in [7, 11) is 0. The van der Waals surface area contributed by atoms with E-state index >= 15 is 0 Å². The maximum Gasteiger partial charge on any atom is 0.323 e. The van der Waals surface area contributed by atoms with Crippen molar-refractivity contribution in [2.24, 2.45) is 5.41 Å². The molecule has 0 aromatic carbocycles. The van der Waals surface area contributed by atoms with Gasteiger partial charge in [0, 0.05) is 6.54 Å². The lowest BCUT2D eigenvalue weighted by Crippen LogP contribution is -2.51. The van der Waals surface area contributed by atoms with Crippen molar-refractivity contribution in [2.75, 3.05) is 26.2 Å². The third-order valence-electron chi connectivity index (χ3n) is 3.01. The van der Waals surface area contributed by atoms with Crippen LogP contribution < -0.4 is 5.32 Å². The van der Waals surface area contributed by atoms with Crippen molar-refractivity contribution >= 4 is 11.9 Å². The number of rotatable bonds is 4. The first-order chi connectivity index (χ1) is 7.99. The lowest BCUT2D eigenvalue weighted by molar-refractivity contribution is -0.149. The second kappa shape index (κ2) is 5.69. The molecule has 1 fully saturated rings.